The molecular weight excluding hydrogens is 333 g/mol. The molecule has 0 bridgehead atoms. The molecule has 0 amide bonds. The highest BCUT2D eigenvalue weighted by molar-refractivity contribution is 9.10. The molecule has 0 radical (unpaired) electrons. The van der Waals surface area contributed by atoms with Crippen molar-refractivity contribution in [3.63, 3.8) is 0 Å². The third kappa shape index (κ3) is 5.42. The molecule has 0 spiro atoms. The van der Waals surface area contributed by atoms with E-state index in [1.807, 2.05) is 12.1 Å². The van der Waals surface area contributed by atoms with Gasteiger partial charge in [-0.3, -0.25) is 4.90 Å². The summed E-state index contributed by atoms with van der Waals surface area (Å²) < 4.78 is 37.9. The van der Waals surface area contributed by atoms with Crippen molar-refractivity contribution in [3.8, 4) is 0 Å². The SMILES string of the molecule is FC(F)(F)CN1CCN(CCc2ccc(Br)cc2)CC1. The van der Waals surface area contributed by atoms with Gasteiger partial charge < -0.3 is 4.90 Å². The average molecular weight is 351 g/mol. The largest absolute Gasteiger partial charge is 0.401 e. The first-order valence-corrected chi connectivity index (χ1v) is 7.47. The quantitative estimate of drug-likeness (QED) is 0.822. The topological polar surface area (TPSA) is 6.48 Å². The van der Waals surface area contributed by atoms with Crippen LogP contribution in [0.2, 0.25) is 0 Å². The summed E-state index contributed by atoms with van der Waals surface area (Å²) in [7, 11) is 0. The molecular formula is C14H18BrF3N2. The van der Waals surface area contributed by atoms with Crippen LogP contribution >= 0.6 is 15.9 Å². The van der Waals surface area contributed by atoms with Crippen LogP contribution in [-0.2, 0) is 6.42 Å². The van der Waals surface area contributed by atoms with Crippen LogP contribution in [0, 0.1) is 0 Å². The fraction of sp³-hybridized carbons (Fsp3) is 0.571. The van der Waals surface area contributed by atoms with E-state index in [2.05, 4.69) is 33.0 Å². The van der Waals surface area contributed by atoms with Crippen molar-refractivity contribution in [2.45, 2.75) is 12.6 Å². The van der Waals surface area contributed by atoms with Gasteiger partial charge in [-0.05, 0) is 24.1 Å². The second-order valence-electron chi connectivity index (χ2n) is 5.11. The minimum Gasteiger partial charge on any atom is -0.300 e. The van der Waals surface area contributed by atoms with Gasteiger partial charge in [-0.1, -0.05) is 28.1 Å². The van der Waals surface area contributed by atoms with Crippen LogP contribution in [0.15, 0.2) is 28.7 Å². The molecule has 0 saturated carbocycles. The van der Waals surface area contributed by atoms with Crippen LogP contribution in [0.5, 0.6) is 0 Å². The number of piperazine rings is 1. The molecule has 1 heterocycles. The van der Waals surface area contributed by atoms with E-state index in [0.29, 0.717) is 26.2 Å². The fourth-order valence-electron chi connectivity index (χ4n) is 2.36. The van der Waals surface area contributed by atoms with Crippen molar-refractivity contribution < 1.29 is 13.2 Å². The molecule has 1 aromatic rings. The standard InChI is InChI=1S/C14H18BrF3N2/c15-13-3-1-12(2-4-13)5-6-19-7-9-20(10-8-19)11-14(16,17)18/h1-4H,5-11H2. The minimum atomic E-state index is -4.08. The smallest absolute Gasteiger partial charge is 0.300 e. The molecule has 1 saturated heterocycles. The van der Waals surface area contributed by atoms with E-state index in [9.17, 15) is 13.2 Å². The van der Waals surface area contributed by atoms with E-state index in [1.165, 1.54) is 10.5 Å². The van der Waals surface area contributed by atoms with Crippen LogP contribution in [0.4, 0.5) is 13.2 Å². The lowest BCUT2D eigenvalue weighted by molar-refractivity contribution is -0.149. The highest BCUT2D eigenvalue weighted by Gasteiger charge is 2.31. The Kier molecular flexibility index (Phi) is 5.46. The van der Waals surface area contributed by atoms with E-state index in [-0.39, 0.29) is 0 Å². The van der Waals surface area contributed by atoms with Crippen LogP contribution in [0.3, 0.4) is 0 Å². The molecule has 0 aromatic heterocycles. The molecule has 112 valence electrons. The molecule has 1 fully saturated rings. The predicted octanol–water partition coefficient (Wildman–Crippen LogP) is 3.17. The van der Waals surface area contributed by atoms with Crippen molar-refractivity contribution in [2.75, 3.05) is 39.3 Å². The van der Waals surface area contributed by atoms with Crippen LogP contribution in [-0.4, -0.2) is 55.2 Å². The van der Waals surface area contributed by atoms with Gasteiger partial charge >= 0.3 is 6.18 Å². The highest BCUT2D eigenvalue weighted by Crippen LogP contribution is 2.17. The van der Waals surface area contributed by atoms with Crippen molar-refractivity contribution in [2.24, 2.45) is 0 Å². The second kappa shape index (κ2) is 6.91. The molecule has 1 aliphatic rings. The zero-order chi connectivity index (χ0) is 14.6. The van der Waals surface area contributed by atoms with Crippen molar-refractivity contribution in [3.05, 3.63) is 34.3 Å². The van der Waals surface area contributed by atoms with Gasteiger partial charge in [0.1, 0.15) is 0 Å². The predicted molar refractivity (Wildman–Crippen MR) is 76.8 cm³/mol. The Labute approximate surface area is 125 Å². The fourth-order valence-corrected chi connectivity index (χ4v) is 2.63. The van der Waals surface area contributed by atoms with E-state index in [1.54, 1.807) is 0 Å². The summed E-state index contributed by atoms with van der Waals surface area (Å²) in [6.07, 6.45) is -3.15. The van der Waals surface area contributed by atoms with Crippen molar-refractivity contribution >= 4 is 15.9 Å². The van der Waals surface area contributed by atoms with Gasteiger partial charge in [0.25, 0.3) is 0 Å². The van der Waals surface area contributed by atoms with Gasteiger partial charge in [-0.25, -0.2) is 0 Å². The third-order valence-corrected chi connectivity index (χ3v) is 4.03. The number of hydrogen-bond donors (Lipinski definition) is 0. The Morgan fingerprint density at radius 3 is 2.05 bits per heavy atom. The van der Waals surface area contributed by atoms with Crippen LogP contribution in [0.1, 0.15) is 5.56 Å². The maximum atomic E-state index is 12.3. The van der Waals surface area contributed by atoms with E-state index in [4.69, 9.17) is 0 Å². The Morgan fingerprint density at radius 1 is 0.950 bits per heavy atom. The van der Waals surface area contributed by atoms with Gasteiger partial charge in [0.05, 0.1) is 6.54 Å². The molecule has 0 aliphatic carbocycles. The minimum absolute atomic E-state index is 0.500. The van der Waals surface area contributed by atoms with Crippen molar-refractivity contribution in [1.82, 2.24) is 9.80 Å². The second-order valence-corrected chi connectivity index (χ2v) is 6.03. The average Bonchev–Trinajstić information content (AvgIpc) is 2.38. The normalized spacial score (nSPS) is 18.4. The van der Waals surface area contributed by atoms with Gasteiger partial charge in [0, 0.05) is 37.2 Å². The van der Waals surface area contributed by atoms with Gasteiger partial charge in [0.15, 0.2) is 0 Å². The summed E-state index contributed by atoms with van der Waals surface area (Å²) in [6.45, 7) is 2.55. The van der Waals surface area contributed by atoms with Gasteiger partial charge in [-0.2, -0.15) is 13.2 Å². The number of alkyl halides is 3. The zero-order valence-corrected chi connectivity index (χ0v) is 12.8. The lowest BCUT2D eigenvalue weighted by Crippen LogP contribution is -2.49. The first-order chi connectivity index (χ1) is 9.42. The molecule has 2 rings (SSSR count). The molecule has 0 atom stereocenters. The first kappa shape index (κ1) is 15.8. The number of benzene rings is 1. The van der Waals surface area contributed by atoms with Gasteiger partial charge in [-0.15, -0.1) is 0 Å². The monoisotopic (exact) mass is 350 g/mol. The summed E-state index contributed by atoms with van der Waals surface area (Å²) in [5.74, 6) is 0. The molecule has 6 heteroatoms. The third-order valence-electron chi connectivity index (χ3n) is 3.50. The first-order valence-electron chi connectivity index (χ1n) is 6.68. The summed E-state index contributed by atoms with van der Waals surface area (Å²) >= 11 is 3.40. The Bertz CT molecular complexity index is 411. The van der Waals surface area contributed by atoms with E-state index < -0.39 is 12.7 Å². The Balaban J connectivity index is 1.70. The Hall–Kier alpha value is -0.590. The highest BCUT2D eigenvalue weighted by atomic mass is 79.9. The molecule has 0 N–H and O–H groups in total. The lowest BCUT2D eigenvalue weighted by Gasteiger charge is -2.34. The Morgan fingerprint density at radius 2 is 1.50 bits per heavy atom. The molecule has 1 aromatic carbocycles. The van der Waals surface area contributed by atoms with Crippen molar-refractivity contribution in [1.29, 1.82) is 0 Å². The number of rotatable bonds is 4. The molecule has 0 unspecified atom stereocenters. The van der Waals surface area contributed by atoms with E-state index in [0.717, 1.165) is 17.4 Å². The summed E-state index contributed by atoms with van der Waals surface area (Å²) in [5, 5.41) is 0. The summed E-state index contributed by atoms with van der Waals surface area (Å²) in [4.78, 5) is 3.71. The molecule has 1 aliphatic heterocycles. The van der Waals surface area contributed by atoms with Gasteiger partial charge in [0.2, 0.25) is 0 Å². The maximum absolute atomic E-state index is 12.3. The summed E-state index contributed by atoms with van der Waals surface area (Å²) in [6, 6.07) is 8.17. The van der Waals surface area contributed by atoms with Crippen LogP contribution < -0.4 is 0 Å². The van der Waals surface area contributed by atoms with E-state index >= 15 is 0 Å². The lowest BCUT2D eigenvalue weighted by atomic mass is 10.1. The zero-order valence-electron chi connectivity index (χ0n) is 11.2. The van der Waals surface area contributed by atoms with Crippen LogP contribution in [0.25, 0.3) is 0 Å². The number of hydrogen-bond acceptors (Lipinski definition) is 2. The molecule has 2 nitrogen and oxygen atoms in total. The maximum Gasteiger partial charge on any atom is 0.401 e. The number of halogens is 4. The summed E-state index contributed by atoms with van der Waals surface area (Å²) in [5.41, 5.74) is 1.26. The molecule has 20 heavy (non-hydrogen) atoms. The number of nitrogens with zero attached hydrogens (tertiary/aromatic N) is 2.